The molecular weight excluding hydrogens is 582 g/mol. The van der Waals surface area contributed by atoms with Gasteiger partial charge in [-0.25, -0.2) is 27.7 Å². The van der Waals surface area contributed by atoms with Crippen LogP contribution in [0.1, 0.15) is 48.0 Å². The van der Waals surface area contributed by atoms with Crippen molar-refractivity contribution in [2.75, 3.05) is 34.7 Å². The predicted octanol–water partition coefficient (Wildman–Crippen LogP) is 2.70. The van der Waals surface area contributed by atoms with Gasteiger partial charge in [-0.05, 0) is 47.7 Å². The molecule has 0 fully saturated rings. The van der Waals surface area contributed by atoms with E-state index < -0.39 is 25.8 Å². The van der Waals surface area contributed by atoms with Gasteiger partial charge in [0.15, 0.2) is 5.75 Å². The molecule has 1 aromatic heterocycles. The number of nitrogens with two attached hydrogens (primary N) is 2. The molecule has 0 bridgehead atoms. The summed E-state index contributed by atoms with van der Waals surface area (Å²) in [6, 6.07) is 8.29. The third kappa shape index (κ3) is 7.40. The van der Waals surface area contributed by atoms with Crippen LogP contribution in [0, 0.1) is 6.92 Å². The molecule has 3 aromatic rings. The number of nitrogens with one attached hydrogen (secondary N) is 2. The Labute approximate surface area is 246 Å². The van der Waals surface area contributed by atoms with Gasteiger partial charge in [-0.1, -0.05) is 26.8 Å². The van der Waals surface area contributed by atoms with Gasteiger partial charge in [0.25, 0.3) is 5.91 Å². The molecule has 0 aliphatic carbocycles. The molecule has 6 N–H and O–H groups in total. The number of carbonyl (C=O) groups is 1. The smallest absolute Gasteiger partial charge is 0.255 e. The van der Waals surface area contributed by atoms with Crippen LogP contribution in [0.2, 0.25) is 0 Å². The molecule has 1 amide bonds. The van der Waals surface area contributed by atoms with E-state index in [2.05, 4.69) is 15.0 Å². The average Bonchev–Trinajstić information content (AvgIpc) is 3.24. The van der Waals surface area contributed by atoms with Crippen molar-refractivity contribution >= 4 is 48.5 Å². The molecule has 2 aromatic carbocycles. The van der Waals surface area contributed by atoms with E-state index >= 15 is 0 Å². The van der Waals surface area contributed by atoms with E-state index in [-0.39, 0.29) is 39.0 Å². The van der Waals surface area contributed by atoms with Gasteiger partial charge in [-0.2, -0.15) is 0 Å². The molecule has 0 spiro atoms. The van der Waals surface area contributed by atoms with Crippen molar-refractivity contribution in [3.63, 3.8) is 0 Å². The van der Waals surface area contributed by atoms with Gasteiger partial charge >= 0.3 is 0 Å². The molecule has 15 heteroatoms. The second kappa shape index (κ2) is 11.7. The number of hydrazine groups is 1. The first kappa shape index (κ1) is 32.4. The van der Waals surface area contributed by atoms with Gasteiger partial charge in [-0.15, -0.1) is 0 Å². The summed E-state index contributed by atoms with van der Waals surface area (Å²) in [7, 11) is -4.30. The number of sulfone groups is 1. The fourth-order valence-electron chi connectivity index (χ4n) is 4.16. The van der Waals surface area contributed by atoms with Crippen LogP contribution in [-0.4, -0.2) is 51.9 Å². The van der Waals surface area contributed by atoms with Crippen molar-refractivity contribution in [2.45, 2.75) is 38.3 Å². The minimum Gasteiger partial charge on any atom is -0.492 e. The van der Waals surface area contributed by atoms with Crippen molar-refractivity contribution in [1.29, 1.82) is 0 Å². The minimum absolute atomic E-state index is 0.145. The van der Waals surface area contributed by atoms with E-state index in [9.17, 15) is 21.6 Å². The zero-order chi connectivity index (χ0) is 31.8. The van der Waals surface area contributed by atoms with Crippen LogP contribution in [0.3, 0.4) is 0 Å². The molecule has 13 nitrogen and oxygen atoms in total. The highest BCUT2D eigenvalue weighted by Crippen LogP contribution is 2.39. The highest BCUT2D eigenvalue weighted by atomic mass is 32.2. The molecule has 0 aliphatic heterocycles. The van der Waals surface area contributed by atoms with Gasteiger partial charge in [0.05, 0.1) is 48.0 Å². The number of benzene rings is 2. The summed E-state index contributed by atoms with van der Waals surface area (Å²) in [4.78, 5) is 17.4. The first-order chi connectivity index (χ1) is 19.2. The number of imidazole rings is 1. The van der Waals surface area contributed by atoms with Crippen LogP contribution in [0.15, 0.2) is 47.9 Å². The monoisotopic (exact) mass is 619 g/mol. The van der Waals surface area contributed by atoms with Gasteiger partial charge in [0.2, 0.25) is 25.0 Å². The van der Waals surface area contributed by atoms with Crippen molar-refractivity contribution in [2.24, 2.45) is 18.6 Å². The van der Waals surface area contributed by atoms with Crippen LogP contribution >= 0.6 is 0 Å². The van der Waals surface area contributed by atoms with E-state index in [1.807, 2.05) is 20.8 Å². The van der Waals surface area contributed by atoms with Crippen LogP contribution in [0.5, 0.6) is 5.75 Å². The van der Waals surface area contributed by atoms with Crippen molar-refractivity contribution in [1.82, 2.24) is 9.55 Å². The third-order valence-corrected chi connectivity index (χ3v) is 7.94. The van der Waals surface area contributed by atoms with E-state index in [1.54, 1.807) is 37.3 Å². The maximum absolute atomic E-state index is 13.4. The van der Waals surface area contributed by atoms with Crippen LogP contribution in [0.25, 0.3) is 5.70 Å². The SMILES string of the molecule is COc1c(NC(=O)c2ccc(C)c(N(N)/C=C(\N)c3cnc(S(C)(=O)=O)n3C)c2)cc(C(C)(C)C)cc1NS(C)(=O)=O. The van der Waals surface area contributed by atoms with Gasteiger partial charge in [0.1, 0.15) is 0 Å². The lowest BCUT2D eigenvalue weighted by molar-refractivity contribution is 0.102. The molecule has 0 unspecified atom stereocenters. The number of aryl methyl sites for hydroxylation is 1. The maximum Gasteiger partial charge on any atom is 0.255 e. The fourth-order valence-corrected chi connectivity index (χ4v) is 5.56. The Morgan fingerprint density at radius 2 is 1.71 bits per heavy atom. The largest absolute Gasteiger partial charge is 0.492 e. The molecule has 0 aliphatic rings. The summed E-state index contributed by atoms with van der Waals surface area (Å²) in [6.45, 7) is 7.67. The topological polar surface area (TPSA) is 192 Å². The van der Waals surface area contributed by atoms with Gasteiger partial charge < -0.3 is 20.4 Å². The van der Waals surface area contributed by atoms with Crippen LogP contribution in [0.4, 0.5) is 17.1 Å². The number of carbonyl (C=O) groups excluding carboxylic acids is 1. The minimum atomic E-state index is -3.64. The standard InChI is InChI=1S/C27H37N7O6S2/c1-16-9-10-17(11-22(16)34(29)15-19(28)23-14-30-26(33(23)5)41(7,36)37)25(35)31-20-12-18(27(2,3)4)13-21(24(20)40-6)32-42(8,38)39/h9-15,32H,28-29H2,1-8H3,(H,31,35)/b19-15-. The zero-order valence-corrected chi connectivity index (χ0v) is 26.4. The van der Waals surface area contributed by atoms with Crippen molar-refractivity contribution < 1.29 is 26.4 Å². The predicted molar refractivity (Wildman–Crippen MR) is 164 cm³/mol. The number of sulfonamides is 1. The Kier molecular flexibility index (Phi) is 9.00. The molecule has 0 atom stereocenters. The zero-order valence-electron chi connectivity index (χ0n) is 24.8. The molecule has 228 valence electrons. The third-order valence-electron chi connectivity index (χ3n) is 6.30. The number of nitrogens with zero attached hydrogens (tertiary/aromatic N) is 3. The Bertz CT molecular complexity index is 1770. The number of ether oxygens (including phenoxy) is 1. The number of methoxy groups -OCH3 is 1. The average molecular weight is 620 g/mol. The molecule has 42 heavy (non-hydrogen) atoms. The highest BCUT2D eigenvalue weighted by Gasteiger charge is 2.23. The summed E-state index contributed by atoms with van der Waals surface area (Å²) < 4.78 is 57.2. The van der Waals surface area contributed by atoms with Gasteiger partial charge in [-0.3, -0.25) is 14.5 Å². The number of hydrogen-bond acceptors (Lipinski definition) is 10. The molecular formula is C27H37N7O6S2. The summed E-state index contributed by atoms with van der Waals surface area (Å²) >= 11 is 0. The number of anilines is 3. The lowest BCUT2D eigenvalue weighted by Gasteiger charge is -2.24. The second-order valence-corrected chi connectivity index (χ2v) is 14.6. The molecule has 1 heterocycles. The summed E-state index contributed by atoms with van der Waals surface area (Å²) in [5.41, 5.74) is 8.98. The number of hydrogen-bond donors (Lipinski definition) is 4. The normalized spacial score (nSPS) is 12.6. The van der Waals surface area contributed by atoms with Gasteiger partial charge in [0, 0.05) is 25.1 Å². The van der Waals surface area contributed by atoms with E-state index in [0.717, 1.165) is 23.6 Å². The maximum atomic E-state index is 13.4. The number of amides is 1. The van der Waals surface area contributed by atoms with E-state index in [1.165, 1.54) is 36.1 Å². The quantitative estimate of drug-likeness (QED) is 0.204. The molecule has 0 saturated carbocycles. The Balaban J connectivity index is 1.99. The highest BCUT2D eigenvalue weighted by molar-refractivity contribution is 7.92. The lowest BCUT2D eigenvalue weighted by Crippen LogP contribution is -2.27. The van der Waals surface area contributed by atoms with E-state index in [0.29, 0.717) is 11.4 Å². The summed E-state index contributed by atoms with van der Waals surface area (Å²) in [5, 5.41) is 3.91. The summed E-state index contributed by atoms with van der Waals surface area (Å²) in [5.74, 6) is 5.95. The number of aromatic nitrogens is 2. The van der Waals surface area contributed by atoms with Crippen molar-refractivity contribution in [3.8, 4) is 5.75 Å². The molecule has 0 saturated heterocycles. The molecule has 0 radical (unpaired) electrons. The Morgan fingerprint density at radius 3 is 2.24 bits per heavy atom. The van der Waals surface area contributed by atoms with Crippen molar-refractivity contribution in [3.05, 3.63) is 65.1 Å². The first-order valence-electron chi connectivity index (χ1n) is 12.6. The Hall–Kier alpha value is -4.08. The number of rotatable bonds is 9. The Morgan fingerprint density at radius 1 is 1.10 bits per heavy atom. The fraction of sp³-hybridized carbons (Fsp3) is 0.333. The van der Waals surface area contributed by atoms with Crippen LogP contribution in [-0.2, 0) is 32.3 Å². The first-order valence-corrected chi connectivity index (χ1v) is 16.4. The molecule has 3 rings (SSSR count). The summed E-state index contributed by atoms with van der Waals surface area (Å²) in [6.07, 6.45) is 4.80. The van der Waals surface area contributed by atoms with E-state index in [4.69, 9.17) is 16.3 Å². The second-order valence-electron chi connectivity index (χ2n) is 10.9. The lowest BCUT2D eigenvalue weighted by atomic mass is 9.86. The van der Waals surface area contributed by atoms with Crippen LogP contribution < -0.4 is 31.4 Å².